The molecule has 3 aromatic rings. The average Bonchev–Trinajstić information content (AvgIpc) is 2.90. The van der Waals surface area contributed by atoms with Crippen molar-refractivity contribution in [2.45, 2.75) is 27.0 Å². The third-order valence-corrected chi connectivity index (χ3v) is 3.39. The summed E-state index contributed by atoms with van der Waals surface area (Å²) in [6.07, 6.45) is 3.09. The first-order valence-electron chi connectivity index (χ1n) is 7.44. The first-order chi connectivity index (χ1) is 11.9. The Kier molecular flexibility index (Phi) is 4.38. The lowest BCUT2D eigenvalue weighted by atomic mass is 10.2. The molecule has 0 spiro atoms. The topological polar surface area (TPSA) is 120 Å². The largest absolute Gasteiger partial charge is 0.484 e. The fourth-order valence-electron chi connectivity index (χ4n) is 2.34. The third-order valence-electron chi connectivity index (χ3n) is 3.39. The van der Waals surface area contributed by atoms with Crippen LogP contribution in [0.4, 0.5) is 0 Å². The molecule has 0 unspecified atom stereocenters. The monoisotopic (exact) mass is 341 g/mol. The molecule has 0 saturated heterocycles. The fraction of sp³-hybridized carbons (Fsp3) is 0.250. The highest BCUT2D eigenvalue weighted by Crippen LogP contribution is 2.23. The second-order valence-electron chi connectivity index (χ2n) is 5.40. The number of hydrogen-bond donors (Lipinski definition) is 1. The van der Waals surface area contributed by atoms with Crippen LogP contribution in [0, 0.1) is 6.92 Å². The van der Waals surface area contributed by atoms with Gasteiger partial charge in [0.05, 0.1) is 11.6 Å². The number of rotatable bonds is 6. The number of nitrogens with zero attached hydrogens (tertiary/aromatic N) is 5. The van der Waals surface area contributed by atoms with Gasteiger partial charge in [-0.2, -0.15) is 5.10 Å². The standard InChI is InChI=1S/C16H15N5O4/c1-9-3-4-17-13(19-9)8-25-11-5-12-15(10(2)22)20-21(7-14(23)24)16(12)18-6-11/h3-6H,7-8H2,1-2H3,(H,23,24). The molecule has 0 aliphatic rings. The molecule has 0 bridgehead atoms. The van der Waals surface area contributed by atoms with Gasteiger partial charge in [0.15, 0.2) is 17.3 Å². The van der Waals surface area contributed by atoms with Crippen molar-refractivity contribution < 1.29 is 19.4 Å². The van der Waals surface area contributed by atoms with Crippen LogP contribution in [0.2, 0.25) is 0 Å². The lowest BCUT2D eigenvalue weighted by Crippen LogP contribution is -2.11. The van der Waals surface area contributed by atoms with E-state index in [0.717, 1.165) is 5.69 Å². The lowest BCUT2D eigenvalue weighted by Gasteiger charge is -2.05. The number of carbonyl (C=O) groups excluding carboxylic acids is 1. The highest BCUT2D eigenvalue weighted by atomic mass is 16.5. The van der Waals surface area contributed by atoms with Crippen LogP contribution in [-0.4, -0.2) is 41.6 Å². The molecule has 128 valence electrons. The minimum atomic E-state index is -1.07. The molecule has 0 atom stereocenters. The normalized spacial score (nSPS) is 10.8. The number of carboxylic acids is 1. The van der Waals surface area contributed by atoms with Gasteiger partial charge in [0.1, 0.15) is 24.6 Å². The van der Waals surface area contributed by atoms with E-state index in [0.29, 0.717) is 22.6 Å². The molecule has 9 heteroatoms. The molecule has 3 heterocycles. The van der Waals surface area contributed by atoms with E-state index in [4.69, 9.17) is 9.84 Å². The first-order valence-corrected chi connectivity index (χ1v) is 7.44. The fourth-order valence-corrected chi connectivity index (χ4v) is 2.34. The van der Waals surface area contributed by atoms with Gasteiger partial charge in [0.2, 0.25) is 0 Å². The molecule has 3 aromatic heterocycles. The van der Waals surface area contributed by atoms with Crippen molar-refractivity contribution >= 4 is 22.8 Å². The zero-order valence-electron chi connectivity index (χ0n) is 13.6. The highest BCUT2D eigenvalue weighted by Gasteiger charge is 2.17. The predicted octanol–water partition coefficient (Wildman–Crippen LogP) is 1.40. The van der Waals surface area contributed by atoms with E-state index in [2.05, 4.69) is 20.1 Å². The van der Waals surface area contributed by atoms with E-state index in [1.807, 2.05) is 6.92 Å². The second-order valence-corrected chi connectivity index (χ2v) is 5.40. The summed E-state index contributed by atoms with van der Waals surface area (Å²) in [5, 5.41) is 13.4. The molecule has 0 aromatic carbocycles. The molecule has 3 rings (SSSR count). The van der Waals surface area contributed by atoms with Crippen molar-refractivity contribution in [3.63, 3.8) is 0 Å². The van der Waals surface area contributed by atoms with Crippen molar-refractivity contribution in [1.82, 2.24) is 24.7 Å². The molecule has 0 fully saturated rings. The van der Waals surface area contributed by atoms with Crippen molar-refractivity contribution in [2.24, 2.45) is 0 Å². The van der Waals surface area contributed by atoms with Gasteiger partial charge >= 0.3 is 5.97 Å². The van der Waals surface area contributed by atoms with Crippen LogP contribution >= 0.6 is 0 Å². The number of carbonyl (C=O) groups is 2. The number of aliphatic carboxylic acids is 1. The van der Waals surface area contributed by atoms with Crippen molar-refractivity contribution in [1.29, 1.82) is 0 Å². The van der Waals surface area contributed by atoms with Crippen molar-refractivity contribution in [3.8, 4) is 5.75 Å². The Bertz CT molecular complexity index is 966. The maximum absolute atomic E-state index is 11.8. The molecule has 25 heavy (non-hydrogen) atoms. The van der Waals surface area contributed by atoms with Crippen LogP contribution in [0.1, 0.15) is 28.9 Å². The zero-order valence-corrected chi connectivity index (χ0v) is 13.6. The summed E-state index contributed by atoms with van der Waals surface area (Å²) in [6, 6.07) is 3.40. The average molecular weight is 341 g/mol. The van der Waals surface area contributed by atoms with Gasteiger partial charge in [-0.05, 0) is 19.1 Å². The molecule has 0 radical (unpaired) electrons. The van der Waals surface area contributed by atoms with E-state index in [9.17, 15) is 9.59 Å². The minimum absolute atomic E-state index is 0.146. The molecule has 0 saturated carbocycles. The Balaban J connectivity index is 1.91. The molecular formula is C16H15N5O4. The van der Waals surface area contributed by atoms with Crippen LogP contribution in [0.15, 0.2) is 24.5 Å². The summed E-state index contributed by atoms with van der Waals surface area (Å²) in [5.74, 6) is -0.420. The van der Waals surface area contributed by atoms with Crippen LogP contribution in [-0.2, 0) is 17.9 Å². The number of hydrogen-bond acceptors (Lipinski definition) is 7. The quantitative estimate of drug-likeness (QED) is 0.668. The van der Waals surface area contributed by atoms with Crippen LogP contribution in [0.5, 0.6) is 5.75 Å². The van der Waals surface area contributed by atoms with Crippen molar-refractivity contribution in [3.05, 3.63) is 41.7 Å². The number of aromatic nitrogens is 5. The number of Topliss-reactive ketones (excluding diaryl/α,β-unsaturated/α-hetero) is 1. The van der Waals surface area contributed by atoms with Crippen LogP contribution < -0.4 is 4.74 Å². The van der Waals surface area contributed by atoms with E-state index in [-0.39, 0.29) is 24.6 Å². The first kappa shape index (κ1) is 16.5. The molecular weight excluding hydrogens is 326 g/mol. The molecule has 9 nitrogen and oxygen atoms in total. The Morgan fingerprint density at radius 2 is 2.12 bits per heavy atom. The molecule has 0 amide bonds. The van der Waals surface area contributed by atoms with Crippen LogP contribution in [0.3, 0.4) is 0 Å². The number of ether oxygens (including phenoxy) is 1. The molecule has 0 aliphatic carbocycles. The van der Waals surface area contributed by atoms with Gasteiger partial charge in [0, 0.05) is 18.8 Å². The highest BCUT2D eigenvalue weighted by molar-refractivity contribution is 6.04. The third kappa shape index (κ3) is 3.60. The van der Waals surface area contributed by atoms with Crippen molar-refractivity contribution in [2.75, 3.05) is 0 Å². The summed E-state index contributed by atoms with van der Waals surface area (Å²) >= 11 is 0. The number of aryl methyl sites for hydroxylation is 1. The Labute approximate surface area is 142 Å². The van der Waals surface area contributed by atoms with Gasteiger partial charge in [-0.15, -0.1) is 0 Å². The molecule has 1 N–H and O–H groups in total. The van der Waals surface area contributed by atoms with Crippen LogP contribution in [0.25, 0.3) is 11.0 Å². The van der Waals surface area contributed by atoms with Gasteiger partial charge in [-0.25, -0.2) is 19.6 Å². The Hall–Kier alpha value is -3.36. The maximum atomic E-state index is 11.8. The Morgan fingerprint density at radius 3 is 2.80 bits per heavy atom. The maximum Gasteiger partial charge on any atom is 0.325 e. The van der Waals surface area contributed by atoms with Gasteiger partial charge < -0.3 is 9.84 Å². The summed E-state index contributed by atoms with van der Waals surface area (Å²) in [5.41, 5.74) is 1.30. The number of pyridine rings is 1. The molecule has 0 aliphatic heterocycles. The number of fused-ring (bicyclic) bond motifs is 1. The zero-order chi connectivity index (χ0) is 18.0. The smallest absolute Gasteiger partial charge is 0.325 e. The number of ketones is 1. The Morgan fingerprint density at radius 1 is 1.32 bits per heavy atom. The van der Waals surface area contributed by atoms with Gasteiger partial charge in [-0.3, -0.25) is 9.59 Å². The predicted molar refractivity (Wildman–Crippen MR) is 86.3 cm³/mol. The summed E-state index contributed by atoms with van der Waals surface area (Å²) in [4.78, 5) is 35.2. The van der Waals surface area contributed by atoms with E-state index < -0.39 is 5.97 Å². The van der Waals surface area contributed by atoms with E-state index >= 15 is 0 Å². The summed E-state index contributed by atoms with van der Waals surface area (Å²) < 4.78 is 6.81. The van der Waals surface area contributed by atoms with E-state index in [1.165, 1.54) is 17.8 Å². The second kappa shape index (κ2) is 6.63. The van der Waals surface area contributed by atoms with Gasteiger partial charge in [-0.1, -0.05) is 0 Å². The summed E-state index contributed by atoms with van der Waals surface area (Å²) in [6.45, 7) is 2.98. The number of carboxylic acid groups (broad SMARTS) is 1. The van der Waals surface area contributed by atoms with E-state index in [1.54, 1.807) is 18.3 Å². The SMILES string of the molecule is CC(=O)c1nn(CC(=O)O)c2ncc(OCc3nccc(C)n3)cc12. The lowest BCUT2D eigenvalue weighted by molar-refractivity contribution is -0.137. The minimum Gasteiger partial charge on any atom is -0.484 e. The summed E-state index contributed by atoms with van der Waals surface area (Å²) in [7, 11) is 0. The van der Waals surface area contributed by atoms with Gasteiger partial charge in [0.25, 0.3) is 0 Å².